The Morgan fingerprint density at radius 1 is 0.862 bits per heavy atom. The number of carbonyl (C=O) groups excluding carboxylic acids is 2. The van der Waals surface area contributed by atoms with Crippen molar-refractivity contribution in [2.24, 2.45) is 0 Å². The second kappa shape index (κ2) is 9.85. The van der Waals surface area contributed by atoms with Crippen molar-refractivity contribution in [3.63, 3.8) is 0 Å². The summed E-state index contributed by atoms with van der Waals surface area (Å²) in [5.74, 6) is -0.680. The number of carbonyl (C=O) groups is 2. The average Bonchev–Trinajstić information content (AvgIpc) is 2.76. The molecule has 0 saturated heterocycles. The summed E-state index contributed by atoms with van der Waals surface area (Å²) >= 11 is 0. The van der Waals surface area contributed by atoms with Crippen molar-refractivity contribution in [3.8, 4) is 5.75 Å². The molecule has 3 aromatic carbocycles. The second-order valence-corrected chi connectivity index (χ2v) is 6.13. The van der Waals surface area contributed by atoms with E-state index in [0.717, 1.165) is 5.56 Å². The van der Waals surface area contributed by atoms with E-state index in [1.165, 1.54) is 24.3 Å². The van der Waals surface area contributed by atoms with Gasteiger partial charge in [0.15, 0.2) is 0 Å². The number of hydrazine groups is 1. The van der Waals surface area contributed by atoms with E-state index in [1.54, 1.807) is 36.4 Å². The summed E-state index contributed by atoms with van der Waals surface area (Å²) in [6.45, 7) is 0.433. The maximum Gasteiger partial charge on any atom is 0.269 e. The van der Waals surface area contributed by atoms with E-state index in [0.29, 0.717) is 23.5 Å². The maximum atomic E-state index is 12.8. The largest absolute Gasteiger partial charge is 0.489 e. The molecule has 6 heteroatoms. The number of hydrogen-bond donors (Lipinski definition) is 2. The lowest BCUT2D eigenvalue weighted by Gasteiger charge is -2.08. The molecule has 3 aromatic rings. The SMILES string of the molecule is O=C(/C=C/c1ccc(F)cc1)NNC(=O)c1ccc(OCc2ccccc2)cc1. The van der Waals surface area contributed by atoms with E-state index in [1.807, 2.05) is 30.3 Å². The van der Waals surface area contributed by atoms with Crippen LogP contribution in [-0.2, 0) is 11.4 Å². The van der Waals surface area contributed by atoms with Crippen molar-refractivity contribution in [1.82, 2.24) is 10.9 Å². The summed E-state index contributed by atoms with van der Waals surface area (Å²) < 4.78 is 18.5. The number of ether oxygens (including phenoxy) is 1. The van der Waals surface area contributed by atoms with Gasteiger partial charge in [-0.05, 0) is 53.6 Å². The molecule has 146 valence electrons. The lowest BCUT2D eigenvalue weighted by molar-refractivity contribution is -0.117. The van der Waals surface area contributed by atoms with Gasteiger partial charge in [-0.25, -0.2) is 4.39 Å². The zero-order valence-corrected chi connectivity index (χ0v) is 15.5. The van der Waals surface area contributed by atoms with Crippen molar-refractivity contribution in [2.75, 3.05) is 0 Å². The zero-order chi connectivity index (χ0) is 20.5. The van der Waals surface area contributed by atoms with E-state index in [-0.39, 0.29) is 5.82 Å². The van der Waals surface area contributed by atoms with Crippen molar-refractivity contribution < 1.29 is 18.7 Å². The molecule has 0 radical (unpaired) electrons. The van der Waals surface area contributed by atoms with Crippen LogP contribution in [0.1, 0.15) is 21.5 Å². The molecule has 0 spiro atoms. The summed E-state index contributed by atoms with van der Waals surface area (Å²) in [5.41, 5.74) is 6.71. The Balaban J connectivity index is 1.46. The predicted octanol–water partition coefficient (Wildman–Crippen LogP) is 3.88. The first kappa shape index (κ1) is 19.8. The molecule has 0 unspecified atom stereocenters. The minimum atomic E-state index is -0.509. The van der Waals surface area contributed by atoms with Gasteiger partial charge in [-0.1, -0.05) is 42.5 Å². The summed E-state index contributed by atoms with van der Waals surface area (Å²) in [6.07, 6.45) is 2.76. The number of halogens is 1. The molecule has 2 amide bonds. The fourth-order valence-electron chi connectivity index (χ4n) is 2.42. The third-order valence-corrected chi connectivity index (χ3v) is 3.96. The van der Waals surface area contributed by atoms with Crippen LogP contribution in [0, 0.1) is 5.82 Å². The van der Waals surface area contributed by atoms with Crippen LogP contribution in [0.3, 0.4) is 0 Å². The standard InChI is InChI=1S/C23H19FN2O3/c24-20-11-6-17(7-12-20)8-15-22(27)25-26-23(28)19-9-13-21(14-10-19)29-16-18-4-2-1-3-5-18/h1-15H,16H2,(H,25,27)(H,26,28)/b15-8+. The van der Waals surface area contributed by atoms with Crippen LogP contribution in [0.4, 0.5) is 4.39 Å². The minimum Gasteiger partial charge on any atom is -0.489 e. The summed E-state index contributed by atoms with van der Waals surface area (Å²) in [6, 6.07) is 22.0. The molecule has 0 atom stereocenters. The second-order valence-electron chi connectivity index (χ2n) is 6.13. The zero-order valence-electron chi connectivity index (χ0n) is 15.5. The average molecular weight is 390 g/mol. The number of benzene rings is 3. The normalized spacial score (nSPS) is 10.5. The van der Waals surface area contributed by atoms with Crippen LogP contribution in [0.15, 0.2) is 84.9 Å². The summed E-state index contributed by atoms with van der Waals surface area (Å²) in [5, 5.41) is 0. The molecule has 0 heterocycles. The monoisotopic (exact) mass is 390 g/mol. The van der Waals surface area contributed by atoms with Crippen molar-refractivity contribution in [1.29, 1.82) is 0 Å². The van der Waals surface area contributed by atoms with Gasteiger partial charge in [0.2, 0.25) is 0 Å². The van der Waals surface area contributed by atoms with E-state index in [9.17, 15) is 14.0 Å². The molecule has 0 aliphatic rings. The Bertz CT molecular complexity index is 985. The van der Waals surface area contributed by atoms with Gasteiger partial charge in [0.1, 0.15) is 18.2 Å². The van der Waals surface area contributed by atoms with Gasteiger partial charge in [0.05, 0.1) is 0 Å². The number of nitrogens with one attached hydrogen (secondary N) is 2. The van der Waals surface area contributed by atoms with Crippen LogP contribution in [0.5, 0.6) is 5.75 Å². The fourth-order valence-corrected chi connectivity index (χ4v) is 2.42. The van der Waals surface area contributed by atoms with Crippen molar-refractivity contribution in [3.05, 3.63) is 107 Å². The van der Waals surface area contributed by atoms with E-state index >= 15 is 0 Å². The Kier molecular flexibility index (Phi) is 6.73. The number of hydrogen-bond acceptors (Lipinski definition) is 3. The van der Waals surface area contributed by atoms with E-state index in [4.69, 9.17) is 4.74 Å². The fraction of sp³-hybridized carbons (Fsp3) is 0.0435. The van der Waals surface area contributed by atoms with Gasteiger partial charge < -0.3 is 4.74 Å². The molecule has 2 N–H and O–H groups in total. The quantitative estimate of drug-likeness (QED) is 0.496. The van der Waals surface area contributed by atoms with Crippen LogP contribution in [-0.4, -0.2) is 11.8 Å². The minimum absolute atomic E-state index is 0.352. The maximum absolute atomic E-state index is 12.8. The highest BCUT2D eigenvalue weighted by atomic mass is 19.1. The Hall–Kier alpha value is -3.93. The first-order valence-electron chi connectivity index (χ1n) is 8.91. The molecule has 3 rings (SSSR count). The van der Waals surface area contributed by atoms with Gasteiger partial charge in [-0.15, -0.1) is 0 Å². The smallest absolute Gasteiger partial charge is 0.269 e. The van der Waals surface area contributed by atoms with Crippen LogP contribution in [0.25, 0.3) is 6.08 Å². The molecule has 0 aliphatic carbocycles. The molecule has 0 aromatic heterocycles. The van der Waals surface area contributed by atoms with Crippen molar-refractivity contribution in [2.45, 2.75) is 6.61 Å². The molecular weight excluding hydrogens is 371 g/mol. The molecule has 0 fully saturated rings. The molecular formula is C23H19FN2O3. The predicted molar refractivity (Wildman–Crippen MR) is 108 cm³/mol. The first-order valence-corrected chi connectivity index (χ1v) is 8.91. The highest BCUT2D eigenvalue weighted by Gasteiger charge is 2.06. The lowest BCUT2D eigenvalue weighted by atomic mass is 10.2. The molecule has 5 nitrogen and oxygen atoms in total. The number of rotatable bonds is 6. The van der Waals surface area contributed by atoms with Crippen LogP contribution in [0.2, 0.25) is 0 Å². The lowest BCUT2D eigenvalue weighted by Crippen LogP contribution is -2.40. The highest BCUT2D eigenvalue weighted by molar-refractivity contribution is 5.97. The Morgan fingerprint density at radius 3 is 2.24 bits per heavy atom. The van der Waals surface area contributed by atoms with Crippen LogP contribution < -0.4 is 15.6 Å². The Labute approximate surface area is 167 Å². The highest BCUT2D eigenvalue weighted by Crippen LogP contribution is 2.14. The molecule has 29 heavy (non-hydrogen) atoms. The molecule has 0 saturated carbocycles. The third-order valence-electron chi connectivity index (χ3n) is 3.96. The van der Waals surface area contributed by atoms with Gasteiger partial charge in [-0.3, -0.25) is 20.4 Å². The van der Waals surface area contributed by atoms with Gasteiger partial charge >= 0.3 is 0 Å². The molecule has 0 aliphatic heterocycles. The van der Waals surface area contributed by atoms with E-state index < -0.39 is 11.8 Å². The van der Waals surface area contributed by atoms with Gasteiger partial charge in [0, 0.05) is 11.6 Å². The first-order chi connectivity index (χ1) is 14.1. The topological polar surface area (TPSA) is 67.4 Å². The van der Waals surface area contributed by atoms with Crippen LogP contribution >= 0.6 is 0 Å². The van der Waals surface area contributed by atoms with Crippen molar-refractivity contribution >= 4 is 17.9 Å². The summed E-state index contributed by atoms with van der Waals surface area (Å²) in [4.78, 5) is 23.9. The molecule has 0 bridgehead atoms. The Morgan fingerprint density at radius 2 is 1.55 bits per heavy atom. The van der Waals surface area contributed by atoms with E-state index in [2.05, 4.69) is 10.9 Å². The van der Waals surface area contributed by atoms with Gasteiger partial charge in [0.25, 0.3) is 11.8 Å². The number of amides is 2. The summed E-state index contributed by atoms with van der Waals surface area (Å²) in [7, 11) is 0. The third kappa shape index (κ3) is 6.32. The van der Waals surface area contributed by atoms with Gasteiger partial charge in [-0.2, -0.15) is 0 Å².